The van der Waals surface area contributed by atoms with Gasteiger partial charge in [0.2, 0.25) is 0 Å². The molecule has 0 saturated heterocycles. The Hall–Kier alpha value is -3.79. The van der Waals surface area contributed by atoms with Crippen LogP contribution >= 0.6 is 0 Å². The van der Waals surface area contributed by atoms with Crippen molar-refractivity contribution in [2.75, 3.05) is 5.32 Å². The van der Waals surface area contributed by atoms with E-state index >= 15 is 0 Å². The molecule has 0 radical (unpaired) electrons. The van der Waals surface area contributed by atoms with Crippen LogP contribution in [0.4, 0.5) is 10.5 Å². The standard InChI is InChI=1S/C28H27N3O/c1-3-21-12-5-8-15-24(21)29-28(32)31-19-22-13-6-9-16-25(22)30-18-10-17-26(30)27(31)23-14-7-4-11-20(23)2/h4-18,27H,3,19H2,1-2H3,(H,29,32)/t27-/m0/s1. The Morgan fingerprint density at radius 2 is 1.69 bits per heavy atom. The molecule has 0 aliphatic carbocycles. The molecule has 2 heterocycles. The Morgan fingerprint density at radius 1 is 0.938 bits per heavy atom. The lowest BCUT2D eigenvalue weighted by molar-refractivity contribution is 0.194. The van der Waals surface area contributed by atoms with E-state index in [-0.39, 0.29) is 12.1 Å². The topological polar surface area (TPSA) is 37.3 Å². The maximum Gasteiger partial charge on any atom is 0.322 e. The number of nitrogens with zero attached hydrogens (tertiary/aromatic N) is 2. The monoisotopic (exact) mass is 421 g/mol. The van der Waals surface area contributed by atoms with E-state index in [4.69, 9.17) is 0 Å². The SMILES string of the molecule is CCc1ccccc1NC(=O)N1Cc2ccccc2-n2cccc2[C@@H]1c1ccccc1C. The van der Waals surface area contributed by atoms with Crippen molar-refractivity contribution < 1.29 is 4.79 Å². The van der Waals surface area contributed by atoms with E-state index < -0.39 is 0 Å². The number of carbonyl (C=O) groups excluding carboxylic acids is 1. The second-order valence-corrected chi connectivity index (χ2v) is 8.26. The average molecular weight is 422 g/mol. The molecular weight excluding hydrogens is 394 g/mol. The third-order valence-corrected chi connectivity index (χ3v) is 6.35. The van der Waals surface area contributed by atoms with Crippen LogP contribution < -0.4 is 5.32 Å². The van der Waals surface area contributed by atoms with E-state index in [9.17, 15) is 4.79 Å². The lowest BCUT2D eigenvalue weighted by Gasteiger charge is -2.32. The number of rotatable bonds is 3. The van der Waals surface area contributed by atoms with E-state index in [1.54, 1.807) is 0 Å². The molecule has 0 fully saturated rings. The molecule has 0 spiro atoms. The average Bonchev–Trinajstić information content (AvgIpc) is 3.24. The molecule has 1 aliphatic heterocycles. The molecule has 1 aliphatic rings. The Balaban J connectivity index is 1.65. The number of aryl methyl sites for hydroxylation is 2. The zero-order valence-electron chi connectivity index (χ0n) is 18.5. The fraction of sp³-hybridized carbons (Fsp3) is 0.179. The quantitative estimate of drug-likeness (QED) is 0.404. The summed E-state index contributed by atoms with van der Waals surface area (Å²) in [6, 6.07) is 28.6. The highest BCUT2D eigenvalue weighted by molar-refractivity contribution is 5.91. The summed E-state index contributed by atoms with van der Waals surface area (Å²) in [6.07, 6.45) is 2.95. The third-order valence-electron chi connectivity index (χ3n) is 6.35. The molecular formula is C28H27N3O. The minimum atomic E-state index is -0.201. The van der Waals surface area contributed by atoms with Crippen LogP contribution in [0, 0.1) is 6.92 Å². The number of para-hydroxylation sites is 2. The normalized spacial score (nSPS) is 14.9. The van der Waals surface area contributed by atoms with Crippen molar-refractivity contribution in [3.05, 3.63) is 119 Å². The van der Waals surface area contributed by atoms with Gasteiger partial charge in [-0.05, 0) is 59.9 Å². The predicted molar refractivity (Wildman–Crippen MR) is 129 cm³/mol. The molecule has 5 rings (SSSR count). The maximum absolute atomic E-state index is 13.8. The second kappa shape index (κ2) is 8.39. The minimum Gasteiger partial charge on any atom is -0.318 e. The van der Waals surface area contributed by atoms with Crippen molar-refractivity contribution in [1.82, 2.24) is 9.47 Å². The predicted octanol–water partition coefficient (Wildman–Crippen LogP) is 6.49. The summed E-state index contributed by atoms with van der Waals surface area (Å²) < 4.78 is 2.22. The summed E-state index contributed by atoms with van der Waals surface area (Å²) in [7, 11) is 0. The number of hydrogen-bond acceptors (Lipinski definition) is 1. The lowest BCUT2D eigenvalue weighted by atomic mass is 9.97. The first-order valence-electron chi connectivity index (χ1n) is 11.1. The summed E-state index contributed by atoms with van der Waals surface area (Å²) in [5.74, 6) is 0. The molecule has 32 heavy (non-hydrogen) atoms. The van der Waals surface area contributed by atoms with Gasteiger partial charge in [-0.2, -0.15) is 0 Å². The molecule has 1 aromatic heterocycles. The number of benzene rings is 3. The molecule has 160 valence electrons. The van der Waals surface area contributed by atoms with Crippen molar-refractivity contribution in [2.24, 2.45) is 0 Å². The summed E-state index contributed by atoms with van der Waals surface area (Å²) >= 11 is 0. The van der Waals surface area contributed by atoms with Crippen molar-refractivity contribution in [3.63, 3.8) is 0 Å². The number of carbonyl (C=O) groups is 1. The van der Waals surface area contributed by atoms with Crippen LogP contribution in [0.3, 0.4) is 0 Å². The molecule has 1 atom stereocenters. The smallest absolute Gasteiger partial charge is 0.318 e. The van der Waals surface area contributed by atoms with Gasteiger partial charge in [-0.1, -0.05) is 67.6 Å². The van der Waals surface area contributed by atoms with Crippen LogP contribution in [0.25, 0.3) is 5.69 Å². The number of anilines is 1. The highest BCUT2D eigenvalue weighted by atomic mass is 16.2. The first kappa shape index (κ1) is 20.1. The molecule has 0 saturated carbocycles. The van der Waals surface area contributed by atoms with Gasteiger partial charge in [0, 0.05) is 17.6 Å². The van der Waals surface area contributed by atoms with Crippen LogP contribution in [0.2, 0.25) is 0 Å². The van der Waals surface area contributed by atoms with E-state index in [1.807, 2.05) is 35.2 Å². The van der Waals surface area contributed by atoms with Crippen LogP contribution in [0.15, 0.2) is 91.1 Å². The molecule has 2 amide bonds. The molecule has 0 unspecified atom stereocenters. The number of nitrogens with one attached hydrogen (secondary N) is 1. The van der Waals surface area contributed by atoms with Crippen LogP contribution in [0.5, 0.6) is 0 Å². The zero-order valence-corrected chi connectivity index (χ0v) is 18.5. The van der Waals surface area contributed by atoms with Gasteiger partial charge in [0.15, 0.2) is 0 Å². The van der Waals surface area contributed by atoms with Gasteiger partial charge in [0.25, 0.3) is 0 Å². The van der Waals surface area contributed by atoms with Gasteiger partial charge >= 0.3 is 6.03 Å². The zero-order chi connectivity index (χ0) is 22.1. The number of hydrogen-bond donors (Lipinski definition) is 1. The van der Waals surface area contributed by atoms with E-state index in [1.165, 1.54) is 5.56 Å². The summed E-state index contributed by atoms with van der Waals surface area (Å²) in [4.78, 5) is 15.8. The van der Waals surface area contributed by atoms with Crippen LogP contribution in [0.1, 0.15) is 40.9 Å². The minimum absolute atomic E-state index is 0.0939. The number of urea groups is 1. The molecule has 1 N–H and O–H groups in total. The van der Waals surface area contributed by atoms with Crippen molar-refractivity contribution in [1.29, 1.82) is 0 Å². The van der Waals surface area contributed by atoms with Gasteiger partial charge in [-0.25, -0.2) is 4.79 Å². The Kier molecular flexibility index (Phi) is 5.28. The van der Waals surface area contributed by atoms with Gasteiger partial charge in [0.1, 0.15) is 6.04 Å². The fourth-order valence-corrected chi connectivity index (χ4v) is 4.70. The highest BCUT2D eigenvalue weighted by Crippen LogP contribution is 2.38. The Bertz CT molecular complexity index is 1270. The fourth-order valence-electron chi connectivity index (χ4n) is 4.70. The second-order valence-electron chi connectivity index (χ2n) is 8.26. The maximum atomic E-state index is 13.8. The van der Waals surface area contributed by atoms with Gasteiger partial charge in [0.05, 0.1) is 12.2 Å². The van der Waals surface area contributed by atoms with E-state index in [0.29, 0.717) is 6.54 Å². The van der Waals surface area contributed by atoms with E-state index in [2.05, 4.69) is 84.5 Å². The van der Waals surface area contributed by atoms with Crippen LogP contribution in [-0.2, 0) is 13.0 Å². The first-order valence-corrected chi connectivity index (χ1v) is 11.1. The van der Waals surface area contributed by atoms with Crippen molar-refractivity contribution in [3.8, 4) is 5.69 Å². The molecule has 0 bridgehead atoms. The van der Waals surface area contributed by atoms with Gasteiger partial charge < -0.3 is 14.8 Å². The van der Waals surface area contributed by atoms with Crippen LogP contribution in [-0.4, -0.2) is 15.5 Å². The lowest BCUT2D eigenvalue weighted by Crippen LogP contribution is -2.38. The Labute approximate surface area is 189 Å². The first-order chi connectivity index (χ1) is 15.7. The largest absolute Gasteiger partial charge is 0.322 e. The van der Waals surface area contributed by atoms with Gasteiger partial charge in [-0.15, -0.1) is 0 Å². The van der Waals surface area contributed by atoms with E-state index in [0.717, 1.165) is 40.2 Å². The molecule has 4 aromatic rings. The molecule has 3 aromatic carbocycles. The Morgan fingerprint density at radius 3 is 2.53 bits per heavy atom. The number of aromatic nitrogens is 1. The highest BCUT2D eigenvalue weighted by Gasteiger charge is 2.33. The van der Waals surface area contributed by atoms with Crippen molar-refractivity contribution in [2.45, 2.75) is 32.9 Å². The summed E-state index contributed by atoms with van der Waals surface area (Å²) in [5.41, 5.74) is 7.64. The van der Waals surface area contributed by atoms with Crippen molar-refractivity contribution >= 4 is 11.7 Å². The molecule has 4 heteroatoms. The number of amides is 2. The summed E-state index contributed by atoms with van der Waals surface area (Å²) in [6.45, 7) is 4.75. The van der Waals surface area contributed by atoms with Gasteiger partial charge in [-0.3, -0.25) is 0 Å². The molecule has 4 nitrogen and oxygen atoms in total. The third kappa shape index (κ3) is 3.48. The summed E-state index contributed by atoms with van der Waals surface area (Å²) in [5, 5.41) is 3.21. The number of fused-ring (bicyclic) bond motifs is 3.